The number of likely N-dealkylation sites (N-methyl/N-ethyl adjacent to an activating group) is 1. The Morgan fingerprint density at radius 1 is 1.25 bits per heavy atom. The van der Waals surface area contributed by atoms with E-state index in [0.717, 1.165) is 0 Å². The number of nitrogens with zero attached hydrogens (tertiary/aromatic N) is 1. The second-order valence-corrected chi connectivity index (χ2v) is 3.52. The average Bonchev–Trinajstić information content (AvgIpc) is 1.85. The van der Waals surface area contributed by atoms with Gasteiger partial charge in [-0.25, -0.2) is 0 Å². The highest BCUT2D eigenvalue weighted by Gasteiger charge is 2.18. The normalized spacial score (nSPS) is 10.9. The Kier molecular flexibility index (Phi) is 4.90. The topological polar surface area (TPSA) is 32.3 Å². The van der Waals surface area contributed by atoms with Crippen LogP contribution in [0.15, 0.2) is 0 Å². The molecule has 0 saturated heterocycles. The summed E-state index contributed by atoms with van der Waals surface area (Å²) in [7, 11) is 1.79. The van der Waals surface area contributed by atoms with E-state index in [9.17, 15) is 4.79 Å². The smallest absolute Gasteiger partial charge is 0.236 e. The van der Waals surface area contributed by atoms with Gasteiger partial charge < -0.3 is 10.2 Å². The molecule has 0 aliphatic carbocycles. The minimum atomic E-state index is 0.169. The third-order valence-electron chi connectivity index (χ3n) is 1.73. The lowest BCUT2D eigenvalue weighted by atomic mass is 10.2. The van der Waals surface area contributed by atoms with Crippen LogP contribution in [0.3, 0.4) is 0 Å². The van der Waals surface area contributed by atoms with Crippen molar-refractivity contribution in [2.45, 2.75) is 39.8 Å². The highest BCUT2D eigenvalue weighted by Crippen LogP contribution is 2.04. The van der Waals surface area contributed by atoms with Gasteiger partial charge in [0.1, 0.15) is 0 Å². The Bertz CT molecular complexity index is 135. The molecule has 12 heavy (non-hydrogen) atoms. The standard InChI is InChI=1S/C9H20N2O/c1-7(2)11(8(3)4)9(12)6-10-5/h7-8,10H,6H2,1-5H3. The van der Waals surface area contributed by atoms with Crippen molar-refractivity contribution in [2.24, 2.45) is 0 Å². The number of nitrogens with one attached hydrogen (secondary N) is 1. The third kappa shape index (κ3) is 3.22. The first-order chi connectivity index (χ1) is 5.50. The molecule has 0 heterocycles. The van der Waals surface area contributed by atoms with Crippen molar-refractivity contribution in [3.05, 3.63) is 0 Å². The van der Waals surface area contributed by atoms with Crippen LogP contribution in [0.25, 0.3) is 0 Å². The van der Waals surface area contributed by atoms with Gasteiger partial charge in [0, 0.05) is 12.1 Å². The summed E-state index contributed by atoms with van der Waals surface area (Å²) >= 11 is 0. The Balaban J connectivity index is 4.20. The van der Waals surface area contributed by atoms with Gasteiger partial charge in [0.25, 0.3) is 0 Å². The maximum atomic E-state index is 11.5. The average molecular weight is 172 g/mol. The van der Waals surface area contributed by atoms with E-state index in [4.69, 9.17) is 0 Å². The van der Waals surface area contributed by atoms with Crippen LogP contribution >= 0.6 is 0 Å². The monoisotopic (exact) mass is 172 g/mol. The Hall–Kier alpha value is -0.570. The second-order valence-electron chi connectivity index (χ2n) is 3.52. The van der Waals surface area contributed by atoms with E-state index in [1.54, 1.807) is 7.05 Å². The fourth-order valence-electron chi connectivity index (χ4n) is 1.41. The summed E-state index contributed by atoms with van der Waals surface area (Å²) in [4.78, 5) is 13.4. The fraction of sp³-hybridized carbons (Fsp3) is 0.889. The van der Waals surface area contributed by atoms with Crippen molar-refractivity contribution in [2.75, 3.05) is 13.6 Å². The molecular formula is C9H20N2O. The SMILES string of the molecule is CNCC(=O)N(C(C)C)C(C)C. The van der Waals surface area contributed by atoms with Gasteiger partial charge in [0.05, 0.1) is 6.54 Å². The minimum Gasteiger partial charge on any atom is -0.337 e. The molecule has 72 valence electrons. The summed E-state index contributed by atoms with van der Waals surface area (Å²) in [6.45, 7) is 8.57. The molecular weight excluding hydrogens is 152 g/mol. The maximum absolute atomic E-state index is 11.5. The van der Waals surface area contributed by atoms with E-state index >= 15 is 0 Å². The lowest BCUT2D eigenvalue weighted by molar-refractivity contribution is -0.133. The molecule has 0 spiro atoms. The first-order valence-electron chi connectivity index (χ1n) is 4.46. The zero-order chi connectivity index (χ0) is 9.72. The second kappa shape index (κ2) is 5.14. The first-order valence-corrected chi connectivity index (χ1v) is 4.46. The van der Waals surface area contributed by atoms with Gasteiger partial charge in [0.15, 0.2) is 0 Å². The molecule has 0 aliphatic heterocycles. The van der Waals surface area contributed by atoms with Gasteiger partial charge in [-0.05, 0) is 34.7 Å². The van der Waals surface area contributed by atoms with Crippen LogP contribution < -0.4 is 5.32 Å². The van der Waals surface area contributed by atoms with Crippen molar-refractivity contribution in [3.63, 3.8) is 0 Å². The molecule has 1 amide bonds. The zero-order valence-corrected chi connectivity index (χ0v) is 8.72. The molecule has 0 atom stereocenters. The van der Waals surface area contributed by atoms with Crippen LogP contribution in [0.2, 0.25) is 0 Å². The molecule has 0 rings (SSSR count). The summed E-state index contributed by atoms with van der Waals surface area (Å²) < 4.78 is 0. The van der Waals surface area contributed by atoms with E-state index < -0.39 is 0 Å². The molecule has 3 heteroatoms. The Labute approximate surface area is 75.1 Å². The molecule has 0 radical (unpaired) electrons. The Morgan fingerprint density at radius 3 is 1.92 bits per heavy atom. The van der Waals surface area contributed by atoms with Gasteiger partial charge in [-0.15, -0.1) is 0 Å². The zero-order valence-electron chi connectivity index (χ0n) is 8.72. The van der Waals surface area contributed by atoms with Crippen LogP contribution in [0.5, 0.6) is 0 Å². The lowest BCUT2D eigenvalue weighted by Gasteiger charge is -2.30. The van der Waals surface area contributed by atoms with Crippen molar-refractivity contribution in [1.29, 1.82) is 0 Å². The predicted octanol–water partition coefficient (Wildman–Crippen LogP) is 0.851. The molecule has 0 aromatic rings. The van der Waals surface area contributed by atoms with Crippen molar-refractivity contribution >= 4 is 5.91 Å². The number of hydrogen-bond donors (Lipinski definition) is 1. The van der Waals surface area contributed by atoms with Gasteiger partial charge in [-0.1, -0.05) is 0 Å². The molecule has 0 aromatic carbocycles. The van der Waals surface area contributed by atoms with Crippen molar-refractivity contribution < 1.29 is 4.79 Å². The molecule has 0 unspecified atom stereocenters. The predicted molar refractivity (Wildman–Crippen MR) is 51.0 cm³/mol. The highest BCUT2D eigenvalue weighted by molar-refractivity contribution is 5.78. The molecule has 0 aliphatic rings. The molecule has 1 N–H and O–H groups in total. The number of rotatable bonds is 4. The van der Waals surface area contributed by atoms with Crippen LogP contribution in [0.4, 0.5) is 0 Å². The minimum absolute atomic E-state index is 0.169. The van der Waals surface area contributed by atoms with Crippen LogP contribution in [0, 0.1) is 0 Å². The van der Waals surface area contributed by atoms with E-state index in [0.29, 0.717) is 6.54 Å². The largest absolute Gasteiger partial charge is 0.337 e. The highest BCUT2D eigenvalue weighted by atomic mass is 16.2. The molecule has 3 nitrogen and oxygen atoms in total. The molecule has 0 fully saturated rings. The Morgan fingerprint density at radius 2 is 1.67 bits per heavy atom. The fourth-order valence-corrected chi connectivity index (χ4v) is 1.41. The van der Waals surface area contributed by atoms with Gasteiger partial charge in [-0.2, -0.15) is 0 Å². The van der Waals surface area contributed by atoms with Crippen molar-refractivity contribution in [3.8, 4) is 0 Å². The van der Waals surface area contributed by atoms with E-state index in [1.165, 1.54) is 0 Å². The third-order valence-corrected chi connectivity index (χ3v) is 1.73. The van der Waals surface area contributed by atoms with Gasteiger partial charge in [-0.3, -0.25) is 4.79 Å². The van der Waals surface area contributed by atoms with Crippen LogP contribution in [0.1, 0.15) is 27.7 Å². The van der Waals surface area contributed by atoms with Crippen molar-refractivity contribution in [1.82, 2.24) is 10.2 Å². The summed E-state index contributed by atoms with van der Waals surface area (Å²) in [5.74, 6) is 0.169. The van der Waals surface area contributed by atoms with E-state index in [1.807, 2.05) is 32.6 Å². The summed E-state index contributed by atoms with van der Waals surface area (Å²) in [6, 6.07) is 0.566. The molecule has 0 aromatic heterocycles. The maximum Gasteiger partial charge on any atom is 0.236 e. The van der Waals surface area contributed by atoms with Crippen LogP contribution in [-0.4, -0.2) is 36.5 Å². The number of hydrogen-bond acceptors (Lipinski definition) is 2. The quantitative estimate of drug-likeness (QED) is 0.682. The first kappa shape index (κ1) is 11.4. The summed E-state index contributed by atoms with van der Waals surface area (Å²) in [6.07, 6.45) is 0. The summed E-state index contributed by atoms with van der Waals surface area (Å²) in [5, 5.41) is 2.87. The number of carbonyl (C=O) groups is 1. The summed E-state index contributed by atoms with van der Waals surface area (Å²) in [5.41, 5.74) is 0. The molecule has 0 saturated carbocycles. The van der Waals surface area contributed by atoms with Crippen LogP contribution in [-0.2, 0) is 4.79 Å². The van der Waals surface area contributed by atoms with E-state index in [-0.39, 0.29) is 18.0 Å². The number of amides is 1. The number of carbonyl (C=O) groups excluding carboxylic acids is 1. The van der Waals surface area contributed by atoms with Gasteiger partial charge in [0.2, 0.25) is 5.91 Å². The van der Waals surface area contributed by atoms with E-state index in [2.05, 4.69) is 5.32 Å². The van der Waals surface area contributed by atoms with Gasteiger partial charge >= 0.3 is 0 Å². The molecule has 0 bridgehead atoms. The lowest BCUT2D eigenvalue weighted by Crippen LogP contribution is -2.45.